The lowest BCUT2D eigenvalue weighted by molar-refractivity contribution is -0.122. The van der Waals surface area contributed by atoms with Gasteiger partial charge >= 0.3 is 0 Å². The molecular weight excluding hydrogens is 232 g/mol. The van der Waals surface area contributed by atoms with Crippen LogP contribution in [0.1, 0.15) is 0 Å². The van der Waals surface area contributed by atoms with Crippen molar-refractivity contribution in [3.63, 3.8) is 0 Å². The maximum absolute atomic E-state index is 13.2. The molecule has 0 fully saturated rings. The third-order valence-electron chi connectivity index (χ3n) is 1.77. The Morgan fingerprint density at radius 3 is 2.82 bits per heavy atom. The third-order valence-corrected chi connectivity index (χ3v) is 1.77. The minimum atomic E-state index is -0.864. The molecule has 0 aromatic heterocycles. The van der Waals surface area contributed by atoms with Crippen molar-refractivity contribution in [2.24, 2.45) is 0 Å². The number of amides is 1. The van der Waals surface area contributed by atoms with E-state index >= 15 is 0 Å². The maximum Gasteiger partial charge on any atom is 0.258 e. The van der Waals surface area contributed by atoms with E-state index in [0.717, 1.165) is 12.1 Å². The normalized spacial score (nSPS) is 9.47. The highest BCUT2D eigenvalue weighted by molar-refractivity contribution is 5.77. The minimum absolute atomic E-state index is 0.180. The predicted molar refractivity (Wildman–Crippen MR) is 54.9 cm³/mol. The summed E-state index contributed by atoms with van der Waals surface area (Å²) in [5, 5.41) is 10.4. The molecule has 1 aromatic rings. The molecule has 5 nitrogen and oxygen atoms in total. The highest BCUT2D eigenvalue weighted by atomic mass is 19.1. The van der Waals surface area contributed by atoms with Crippen molar-refractivity contribution < 1.29 is 18.3 Å². The molecular formula is C10H9F2N3O2. The van der Waals surface area contributed by atoms with Gasteiger partial charge in [-0.15, -0.1) is 0 Å². The number of rotatable bonds is 4. The molecule has 17 heavy (non-hydrogen) atoms. The summed E-state index contributed by atoms with van der Waals surface area (Å²) in [5.41, 5.74) is 4.78. The van der Waals surface area contributed by atoms with Crippen molar-refractivity contribution in [3.8, 4) is 11.8 Å². The Hall–Kier alpha value is -2.36. The second kappa shape index (κ2) is 5.65. The van der Waals surface area contributed by atoms with Gasteiger partial charge in [0, 0.05) is 12.1 Å². The molecule has 0 atom stereocenters. The van der Waals surface area contributed by atoms with Crippen LogP contribution in [0, 0.1) is 23.0 Å². The van der Waals surface area contributed by atoms with Crippen molar-refractivity contribution in [2.45, 2.75) is 0 Å². The number of hydrogen-bond donors (Lipinski definition) is 2. The maximum atomic E-state index is 13.2. The first-order chi connectivity index (χ1) is 8.04. The fourth-order valence-corrected chi connectivity index (χ4v) is 0.987. The lowest BCUT2D eigenvalue weighted by atomic mass is 10.3. The Labute approximate surface area is 95.8 Å². The van der Waals surface area contributed by atoms with Gasteiger partial charge in [0.2, 0.25) is 0 Å². The van der Waals surface area contributed by atoms with Gasteiger partial charge in [-0.2, -0.15) is 5.26 Å². The van der Waals surface area contributed by atoms with Crippen molar-refractivity contribution in [2.75, 3.05) is 18.9 Å². The Morgan fingerprint density at radius 1 is 1.47 bits per heavy atom. The number of halogens is 2. The number of ether oxygens (including phenoxy) is 1. The summed E-state index contributed by atoms with van der Waals surface area (Å²) >= 11 is 0. The second-order valence-electron chi connectivity index (χ2n) is 3.03. The van der Waals surface area contributed by atoms with E-state index in [9.17, 15) is 13.6 Å². The summed E-state index contributed by atoms with van der Waals surface area (Å²) in [6.07, 6.45) is 0. The number of carbonyl (C=O) groups is 1. The molecule has 0 spiro atoms. The van der Waals surface area contributed by atoms with Gasteiger partial charge in [0.05, 0.1) is 11.8 Å². The van der Waals surface area contributed by atoms with Gasteiger partial charge in [0.25, 0.3) is 5.91 Å². The Bertz CT molecular complexity index is 471. The number of anilines is 1. The molecule has 1 aromatic carbocycles. The molecule has 0 radical (unpaired) electrons. The van der Waals surface area contributed by atoms with Gasteiger partial charge in [0.1, 0.15) is 12.4 Å². The van der Waals surface area contributed by atoms with Gasteiger partial charge in [-0.05, 0) is 0 Å². The Kier molecular flexibility index (Phi) is 4.22. The minimum Gasteiger partial charge on any atom is -0.481 e. The van der Waals surface area contributed by atoms with E-state index in [1.165, 1.54) is 0 Å². The summed E-state index contributed by atoms with van der Waals surface area (Å²) in [6.45, 7) is -0.692. The zero-order valence-electron chi connectivity index (χ0n) is 8.67. The fourth-order valence-electron chi connectivity index (χ4n) is 0.987. The number of hydrogen-bond acceptors (Lipinski definition) is 4. The van der Waals surface area contributed by atoms with Crippen molar-refractivity contribution >= 4 is 11.6 Å². The van der Waals surface area contributed by atoms with Gasteiger partial charge in [-0.1, -0.05) is 0 Å². The van der Waals surface area contributed by atoms with E-state index in [0.29, 0.717) is 0 Å². The van der Waals surface area contributed by atoms with Gasteiger partial charge in [-0.3, -0.25) is 4.79 Å². The fraction of sp³-hybridized carbons (Fsp3) is 0.200. The van der Waals surface area contributed by atoms with E-state index < -0.39 is 29.9 Å². The zero-order valence-corrected chi connectivity index (χ0v) is 8.67. The molecule has 0 heterocycles. The number of nitrogens with one attached hydrogen (secondary N) is 1. The first-order valence-electron chi connectivity index (χ1n) is 4.55. The SMILES string of the molecule is N#CCNC(=O)COc1cc(F)c(N)cc1F. The van der Waals surface area contributed by atoms with Crippen LogP contribution in [0.3, 0.4) is 0 Å². The van der Waals surface area contributed by atoms with Crippen LogP contribution in [0.5, 0.6) is 5.75 Å². The molecule has 0 aliphatic heterocycles. The number of carbonyl (C=O) groups excluding carboxylic acids is 1. The van der Waals surface area contributed by atoms with Crippen LogP contribution in [0.15, 0.2) is 12.1 Å². The topological polar surface area (TPSA) is 88.1 Å². The van der Waals surface area contributed by atoms with Crippen molar-refractivity contribution in [3.05, 3.63) is 23.8 Å². The van der Waals surface area contributed by atoms with Crippen LogP contribution in [0.25, 0.3) is 0 Å². The van der Waals surface area contributed by atoms with Crippen LogP contribution >= 0.6 is 0 Å². The summed E-state index contributed by atoms with van der Waals surface area (Å²) < 4.78 is 30.9. The second-order valence-corrected chi connectivity index (χ2v) is 3.03. The highest BCUT2D eigenvalue weighted by Gasteiger charge is 2.10. The van der Waals surface area contributed by atoms with E-state index in [1.807, 2.05) is 0 Å². The Balaban J connectivity index is 2.61. The number of nitrogen functional groups attached to an aromatic ring is 1. The molecule has 90 valence electrons. The average Bonchev–Trinajstić information content (AvgIpc) is 2.29. The summed E-state index contributed by atoms with van der Waals surface area (Å²) in [7, 11) is 0. The molecule has 0 aliphatic rings. The van der Waals surface area contributed by atoms with E-state index in [1.54, 1.807) is 6.07 Å². The standard InChI is InChI=1S/C10H9F2N3O2/c11-6-4-9(7(12)3-8(6)14)17-5-10(16)15-2-1-13/h3-4H,2,5,14H2,(H,15,16). The quantitative estimate of drug-likeness (QED) is 0.595. The first kappa shape index (κ1) is 12.7. The van der Waals surface area contributed by atoms with E-state index in [4.69, 9.17) is 15.7 Å². The van der Waals surface area contributed by atoms with Gasteiger partial charge in [0.15, 0.2) is 18.2 Å². The number of nitrogens with two attached hydrogens (primary N) is 1. The molecule has 1 amide bonds. The van der Waals surface area contributed by atoms with Crippen LogP contribution in [0.4, 0.5) is 14.5 Å². The van der Waals surface area contributed by atoms with Crippen LogP contribution < -0.4 is 15.8 Å². The molecule has 0 bridgehead atoms. The van der Waals surface area contributed by atoms with Crippen molar-refractivity contribution in [1.29, 1.82) is 5.26 Å². The van der Waals surface area contributed by atoms with Gasteiger partial charge in [-0.25, -0.2) is 8.78 Å². The summed E-state index contributed by atoms with van der Waals surface area (Å²) in [6, 6.07) is 3.20. The Morgan fingerprint density at radius 2 is 2.18 bits per heavy atom. The van der Waals surface area contributed by atoms with Crippen molar-refractivity contribution in [1.82, 2.24) is 5.32 Å². The van der Waals surface area contributed by atoms with Crippen LogP contribution in [0.2, 0.25) is 0 Å². The number of nitriles is 1. The highest BCUT2D eigenvalue weighted by Crippen LogP contribution is 2.22. The monoisotopic (exact) mass is 241 g/mol. The zero-order chi connectivity index (χ0) is 12.8. The summed E-state index contributed by atoms with van der Waals surface area (Å²) in [4.78, 5) is 11.0. The molecule has 1 rings (SSSR count). The molecule has 0 saturated carbocycles. The first-order valence-corrected chi connectivity index (χ1v) is 4.55. The predicted octanol–water partition coefficient (Wildman–Crippen LogP) is 0.566. The molecule has 7 heteroatoms. The van der Waals surface area contributed by atoms with E-state index in [2.05, 4.69) is 5.32 Å². The molecule has 0 saturated heterocycles. The smallest absolute Gasteiger partial charge is 0.258 e. The summed E-state index contributed by atoms with van der Waals surface area (Å²) in [5.74, 6) is -2.72. The third kappa shape index (κ3) is 3.61. The number of benzene rings is 1. The van der Waals surface area contributed by atoms with Gasteiger partial charge < -0.3 is 15.8 Å². The molecule has 0 aliphatic carbocycles. The number of nitrogens with zero attached hydrogens (tertiary/aromatic N) is 1. The average molecular weight is 241 g/mol. The van der Waals surface area contributed by atoms with Crippen LogP contribution in [-0.4, -0.2) is 19.1 Å². The largest absolute Gasteiger partial charge is 0.481 e. The molecule has 3 N–H and O–H groups in total. The van der Waals surface area contributed by atoms with Crippen LogP contribution in [-0.2, 0) is 4.79 Å². The lowest BCUT2D eigenvalue weighted by Gasteiger charge is -2.07. The molecule has 0 unspecified atom stereocenters. The van der Waals surface area contributed by atoms with E-state index in [-0.39, 0.29) is 12.2 Å². The lowest BCUT2D eigenvalue weighted by Crippen LogP contribution is -2.29.